The molecule has 5 nitrogen and oxygen atoms in total. The number of nitrogens with one attached hydrogen (secondary N) is 1. The van der Waals surface area contributed by atoms with Gasteiger partial charge in [-0.15, -0.1) is 0 Å². The number of carbonyl (C=O) groups is 1. The maximum atomic E-state index is 12.5. The van der Waals surface area contributed by atoms with E-state index in [1.54, 1.807) is 29.7 Å². The van der Waals surface area contributed by atoms with Crippen LogP contribution in [0.2, 0.25) is 5.02 Å². The molecule has 3 rings (SSSR count). The van der Waals surface area contributed by atoms with Gasteiger partial charge in [-0.3, -0.25) is 9.20 Å². The molecule has 0 bridgehead atoms. The van der Waals surface area contributed by atoms with E-state index in [9.17, 15) is 18.0 Å². The molecule has 24 heavy (non-hydrogen) atoms. The van der Waals surface area contributed by atoms with Gasteiger partial charge >= 0.3 is 6.18 Å². The van der Waals surface area contributed by atoms with E-state index in [1.807, 2.05) is 0 Å². The highest BCUT2D eigenvalue weighted by atomic mass is 35.5. The first-order valence-corrected chi connectivity index (χ1v) is 7.12. The van der Waals surface area contributed by atoms with Crippen molar-refractivity contribution < 1.29 is 18.0 Å². The lowest BCUT2D eigenvalue weighted by Crippen LogP contribution is -2.16. The van der Waals surface area contributed by atoms with Gasteiger partial charge in [0.15, 0.2) is 0 Å². The van der Waals surface area contributed by atoms with E-state index < -0.39 is 17.6 Å². The second kappa shape index (κ2) is 5.79. The summed E-state index contributed by atoms with van der Waals surface area (Å²) in [4.78, 5) is 20.3. The molecule has 124 valence electrons. The average Bonchev–Trinajstić information content (AvgIpc) is 2.81. The van der Waals surface area contributed by atoms with E-state index in [1.165, 1.54) is 0 Å². The molecule has 0 saturated heterocycles. The van der Waals surface area contributed by atoms with Crippen LogP contribution in [0.1, 0.15) is 21.7 Å². The number of fused-ring (bicyclic) bond motifs is 1. The van der Waals surface area contributed by atoms with Gasteiger partial charge in [0.1, 0.15) is 17.2 Å². The van der Waals surface area contributed by atoms with Crippen molar-refractivity contribution in [2.45, 2.75) is 13.1 Å². The number of halogens is 4. The van der Waals surface area contributed by atoms with Crippen molar-refractivity contribution in [1.29, 1.82) is 0 Å². The predicted octanol–water partition coefficient (Wildman–Crippen LogP) is 3.96. The van der Waals surface area contributed by atoms with Crippen molar-refractivity contribution in [3.63, 3.8) is 0 Å². The molecule has 3 heterocycles. The van der Waals surface area contributed by atoms with Crippen molar-refractivity contribution in [1.82, 2.24) is 14.4 Å². The van der Waals surface area contributed by atoms with Crippen LogP contribution in [0.25, 0.3) is 5.65 Å². The molecule has 0 spiro atoms. The summed E-state index contributed by atoms with van der Waals surface area (Å²) in [6, 6.07) is 5.14. The lowest BCUT2D eigenvalue weighted by Gasteiger charge is -2.08. The smallest absolute Gasteiger partial charge is 0.305 e. The van der Waals surface area contributed by atoms with Crippen LogP contribution in [-0.4, -0.2) is 20.3 Å². The first-order chi connectivity index (χ1) is 11.3. The summed E-state index contributed by atoms with van der Waals surface area (Å²) < 4.78 is 39.1. The van der Waals surface area contributed by atoms with Crippen LogP contribution in [-0.2, 0) is 6.18 Å². The maximum Gasteiger partial charge on any atom is 0.417 e. The van der Waals surface area contributed by atoms with E-state index in [0.717, 1.165) is 12.1 Å². The Kier molecular flexibility index (Phi) is 3.92. The average molecular weight is 355 g/mol. The Balaban J connectivity index is 1.89. The third-order valence-electron chi connectivity index (χ3n) is 3.31. The fourth-order valence-corrected chi connectivity index (χ4v) is 2.38. The summed E-state index contributed by atoms with van der Waals surface area (Å²) >= 11 is 5.89. The molecule has 0 aliphatic carbocycles. The second-order valence-electron chi connectivity index (χ2n) is 5.00. The number of aromatic nitrogens is 3. The number of rotatable bonds is 2. The number of nitrogens with zero attached hydrogens (tertiary/aromatic N) is 3. The Hall–Kier alpha value is -2.61. The molecule has 0 aliphatic rings. The summed E-state index contributed by atoms with van der Waals surface area (Å²) in [6.45, 7) is 1.65. The van der Waals surface area contributed by atoms with Crippen LogP contribution in [0.15, 0.2) is 36.7 Å². The highest BCUT2D eigenvalue weighted by Gasteiger charge is 2.30. The third-order valence-corrected chi connectivity index (χ3v) is 3.55. The zero-order valence-corrected chi connectivity index (χ0v) is 13.0. The number of hydrogen-bond donors (Lipinski definition) is 1. The van der Waals surface area contributed by atoms with Crippen molar-refractivity contribution >= 4 is 29.0 Å². The first-order valence-electron chi connectivity index (χ1n) is 6.74. The van der Waals surface area contributed by atoms with Crippen molar-refractivity contribution in [2.24, 2.45) is 0 Å². The Morgan fingerprint density at radius 2 is 2.04 bits per heavy atom. The number of imidazole rings is 1. The lowest BCUT2D eigenvalue weighted by molar-refractivity contribution is -0.137. The number of aryl methyl sites for hydroxylation is 1. The quantitative estimate of drug-likeness (QED) is 0.757. The summed E-state index contributed by atoms with van der Waals surface area (Å²) in [7, 11) is 0. The Bertz CT molecular complexity index is 919. The van der Waals surface area contributed by atoms with Crippen LogP contribution >= 0.6 is 11.6 Å². The van der Waals surface area contributed by atoms with Crippen molar-refractivity contribution in [3.05, 3.63) is 58.6 Å². The Morgan fingerprint density at radius 1 is 1.29 bits per heavy atom. The molecule has 1 N–H and O–H groups in total. The number of alkyl halides is 3. The topological polar surface area (TPSA) is 59.3 Å². The molecule has 9 heteroatoms. The monoisotopic (exact) mass is 354 g/mol. The van der Waals surface area contributed by atoms with E-state index in [0.29, 0.717) is 22.6 Å². The van der Waals surface area contributed by atoms with Gasteiger partial charge in [-0.1, -0.05) is 11.6 Å². The van der Waals surface area contributed by atoms with Crippen LogP contribution in [0.4, 0.5) is 19.0 Å². The van der Waals surface area contributed by atoms with Crippen LogP contribution < -0.4 is 5.32 Å². The lowest BCUT2D eigenvalue weighted by atomic mass is 10.2. The summed E-state index contributed by atoms with van der Waals surface area (Å²) in [5, 5.41) is 2.94. The van der Waals surface area contributed by atoms with Crippen molar-refractivity contribution in [3.8, 4) is 0 Å². The van der Waals surface area contributed by atoms with Gasteiger partial charge in [-0.25, -0.2) is 9.97 Å². The van der Waals surface area contributed by atoms with E-state index in [-0.39, 0.29) is 11.5 Å². The normalized spacial score (nSPS) is 11.7. The van der Waals surface area contributed by atoms with Gasteiger partial charge in [0.2, 0.25) is 0 Å². The minimum atomic E-state index is -4.48. The van der Waals surface area contributed by atoms with Gasteiger partial charge in [-0.05, 0) is 25.1 Å². The van der Waals surface area contributed by atoms with E-state index in [2.05, 4.69) is 15.3 Å². The molecular weight excluding hydrogens is 345 g/mol. The van der Waals surface area contributed by atoms with Crippen LogP contribution in [0.5, 0.6) is 0 Å². The number of carbonyl (C=O) groups excluding carboxylic acids is 1. The number of pyridine rings is 2. The highest BCUT2D eigenvalue weighted by molar-refractivity contribution is 6.30. The van der Waals surface area contributed by atoms with Gasteiger partial charge in [0.25, 0.3) is 5.91 Å². The van der Waals surface area contributed by atoms with E-state index >= 15 is 0 Å². The molecule has 3 aromatic heterocycles. The molecule has 0 aromatic carbocycles. The zero-order valence-electron chi connectivity index (χ0n) is 12.2. The molecule has 0 aliphatic heterocycles. The molecule has 0 radical (unpaired) electrons. The van der Waals surface area contributed by atoms with Gasteiger partial charge in [0, 0.05) is 23.5 Å². The fraction of sp³-hybridized carbons (Fsp3) is 0.133. The van der Waals surface area contributed by atoms with E-state index in [4.69, 9.17) is 11.6 Å². The molecule has 0 saturated carbocycles. The van der Waals surface area contributed by atoms with Crippen LogP contribution in [0.3, 0.4) is 0 Å². The zero-order chi connectivity index (χ0) is 17.5. The number of anilines is 1. The standard InChI is InChI=1S/C15H10ClF3N4O/c1-8-13(23-5-4-10(16)6-12(23)21-8)14(24)22-11-3-2-9(7-20-11)15(17,18)19/h2-7H,1H3,(H,20,22,24). The molecule has 0 atom stereocenters. The molecule has 0 unspecified atom stereocenters. The van der Waals surface area contributed by atoms with Crippen LogP contribution in [0, 0.1) is 6.92 Å². The first kappa shape index (κ1) is 16.3. The number of amides is 1. The third kappa shape index (κ3) is 3.05. The predicted molar refractivity (Wildman–Crippen MR) is 82.1 cm³/mol. The van der Waals surface area contributed by atoms with Gasteiger partial charge in [-0.2, -0.15) is 13.2 Å². The second-order valence-corrected chi connectivity index (χ2v) is 5.44. The molecule has 3 aromatic rings. The molecule has 0 fully saturated rings. The Labute approximate surface area is 139 Å². The highest BCUT2D eigenvalue weighted by Crippen LogP contribution is 2.29. The summed E-state index contributed by atoms with van der Waals surface area (Å²) in [6.07, 6.45) is -2.23. The molecule has 1 amide bonds. The van der Waals surface area contributed by atoms with Gasteiger partial charge < -0.3 is 5.32 Å². The van der Waals surface area contributed by atoms with Gasteiger partial charge in [0.05, 0.1) is 11.3 Å². The minimum Gasteiger partial charge on any atom is -0.305 e. The van der Waals surface area contributed by atoms with Crippen molar-refractivity contribution in [2.75, 3.05) is 5.32 Å². The Morgan fingerprint density at radius 3 is 2.67 bits per heavy atom. The fourth-order valence-electron chi connectivity index (χ4n) is 2.22. The number of hydrogen-bond acceptors (Lipinski definition) is 3. The SMILES string of the molecule is Cc1nc2cc(Cl)ccn2c1C(=O)Nc1ccc(C(F)(F)F)cn1. The maximum absolute atomic E-state index is 12.5. The largest absolute Gasteiger partial charge is 0.417 e. The summed E-state index contributed by atoms with van der Waals surface area (Å²) in [5.74, 6) is -0.522. The minimum absolute atomic E-state index is 0.0105. The molecular formula is C15H10ClF3N4O. The summed E-state index contributed by atoms with van der Waals surface area (Å²) in [5.41, 5.74) is 0.316.